The fourth-order valence-electron chi connectivity index (χ4n) is 3.20. The van der Waals surface area contributed by atoms with Crippen molar-refractivity contribution in [3.8, 4) is 5.75 Å². The van der Waals surface area contributed by atoms with Crippen LogP contribution in [0.2, 0.25) is 0 Å². The van der Waals surface area contributed by atoms with E-state index in [2.05, 4.69) is 11.6 Å². The Morgan fingerprint density at radius 3 is 2.75 bits per heavy atom. The van der Waals surface area contributed by atoms with E-state index >= 15 is 0 Å². The van der Waals surface area contributed by atoms with E-state index in [1.807, 2.05) is 60.4 Å². The van der Waals surface area contributed by atoms with E-state index in [9.17, 15) is 10.0 Å². The number of para-hydroxylation sites is 3. The lowest BCUT2D eigenvalue weighted by Gasteiger charge is -2.20. The van der Waals surface area contributed by atoms with Gasteiger partial charge in [-0.25, -0.2) is 0 Å². The highest BCUT2D eigenvalue weighted by molar-refractivity contribution is 5.85. The minimum Gasteiger partial charge on any atom is -0.490 e. The second-order valence-corrected chi connectivity index (χ2v) is 6.71. The molecule has 0 radical (unpaired) electrons. The summed E-state index contributed by atoms with van der Waals surface area (Å²) < 4.78 is 6.66. The van der Waals surface area contributed by atoms with E-state index in [1.54, 1.807) is 6.07 Å². The number of allylic oxidation sites excluding steroid dienone is 1. The van der Waals surface area contributed by atoms with Crippen molar-refractivity contribution in [2.45, 2.75) is 25.9 Å². The summed E-state index contributed by atoms with van der Waals surface area (Å²) in [7, 11) is 0. The van der Waals surface area contributed by atoms with Crippen molar-refractivity contribution in [2.24, 2.45) is 4.99 Å². The Morgan fingerprint density at radius 1 is 1.25 bits per heavy atom. The highest BCUT2D eigenvalue weighted by Gasteiger charge is 2.36. The molecule has 0 aliphatic carbocycles. The fraction of sp³-hybridized carbons (Fsp3) is 0.318. The normalized spacial score (nSPS) is 13.6. The van der Waals surface area contributed by atoms with Crippen LogP contribution in [-0.2, 0) is 6.42 Å². The van der Waals surface area contributed by atoms with Crippen molar-refractivity contribution >= 4 is 17.3 Å². The topological polar surface area (TPSA) is 65.1 Å². The third-order valence-corrected chi connectivity index (χ3v) is 4.48. The minimum atomic E-state index is -0.761. The Hall–Kier alpha value is -2.99. The van der Waals surface area contributed by atoms with E-state index in [1.165, 1.54) is 0 Å². The standard InChI is InChI=1S/C22H26N3O3/c1-3-9-17-10-5-8-13-21(17)28-16-18(26)15-24(14-4-2)22-23-19-11-6-7-12-20(19)25(22)27/h3,5-8,10-13,18,26H,1,4,9,14-16H2,2H3/q+1. The largest absolute Gasteiger partial charge is 0.490 e. The van der Waals surface area contributed by atoms with Crippen LogP contribution in [0.3, 0.4) is 0 Å². The van der Waals surface area contributed by atoms with Crippen LogP contribution in [0.15, 0.2) is 66.2 Å². The molecule has 146 valence electrons. The summed E-state index contributed by atoms with van der Waals surface area (Å²) >= 11 is 0. The van der Waals surface area contributed by atoms with Gasteiger partial charge in [0.2, 0.25) is 0 Å². The number of guanidine groups is 1. The molecule has 1 atom stereocenters. The van der Waals surface area contributed by atoms with E-state index in [0.29, 0.717) is 30.3 Å². The van der Waals surface area contributed by atoms with Gasteiger partial charge in [0, 0.05) is 4.76 Å². The minimum absolute atomic E-state index is 0.132. The summed E-state index contributed by atoms with van der Waals surface area (Å²) in [6.45, 7) is 6.81. The van der Waals surface area contributed by atoms with Crippen molar-refractivity contribution in [2.75, 3.05) is 19.7 Å². The molecule has 1 aliphatic heterocycles. The SMILES string of the molecule is C=CCc1ccccc1OCC(O)CN(CCC)C1=Nc2ccccc2[N+]1=O. The molecule has 28 heavy (non-hydrogen) atoms. The zero-order valence-electron chi connectivity index (χ0n) is 16.1. The maximum atomic E-state index is 12.6. The predicted molar refractivity (Wildman–Crippen MR) is 111 cm³/mol. The number of rotatable bonds is 9. The third-order valence-electron chi connectivity index (χ3n) is 4.48. The van der Waals surface area contributed by atoms with Gasteiger partial charge in [-0.15, -0.1) is 6.58 Å². The van der Waals surface area contributed by atoms with Crippen molar-refractivity contribution in [3.05, 3.63) is 71.7 Å². The first-order chi connectivity index (χ1) is 13.6. The number of nitrogens with zero attached hydrogens (tertiary/aromatic N) is 3. The summed E-state index contributed by atoms with van der Waals surface area (Å²) in [6.07, 6.45) is 2.59. The van der Waals surface area contributed by atoms with Gasteiger partial charge in [0.25, 0.3) is 0 Å². The zero-order chi connectivity index (χ0) is 19.9. The van der Waals surface area contributed by atoms with E-state index < -0.39 is 6.10 Å². The van der Waals surface area contributed by atoms with Gasteiger partial charge >= 0.3 is 5.96 Å². The molecule has 0 fully saturated rings. The number of aliphatic imine (C=N–C) groups is 1. The number of benzene rings is 2. The van der Waals surface area contributed by atoms with Crippen molar-refractivity contribution < 1.29 is 14.6 Å². The van der Waals surface area contributed by atoms with Gasteiger partial charge in [-0.3, -0.25) is 4.90 Å². The van der Waals surface area contributed by atoms with Gasteiger partial charge in [0.05, 0.1) is 13.1 Å². The van der Waals surface area contributed by atoms with Crippen LogP contribution in [0.5, 0.6) is 5.75 Å². The number of nitroso groups, excluding NO2 is 1. The van der Waals surface area contributed by atoms with E-state index in [-0.39, 0.29) is 13.2 Å². The fourth-order valence-corrected chi connectivity index (χ4v) is 3.20. The maximum Gasteiger partial charge on any atom is 0.436 e. The van der Waals surface area contributed by atoms with Crippen molar-refractivity contribution in [1.82, 2.24) is 4.90 Å². The van der Waals surface area contributed by atoms with Gasteiger partial charge in [0.1, 0.15) is 18.5 Å². The van der Waals surface area contributed by atoms with E-state index in [0.717, 1.165) is 22.5 Å². The summed E-state index contributed by atoms with van der Waals surface area (Å²) in [5.74, 6) is 1.05. The lowest BCUT2D eigenvalue weighted by Crippen LogP contribution is -2.42. The number of aliphatic hydroxyl groups excluding tert-OH is 1. The molecule has 0 spiro atoms. The molecule has 2 aromatic carbocycles. The molecule has 6 nitrogen and oxygen atoms in total. The molecule has 1 unspecified atom stereocenters. The number of hydrogen-bond donors (Lipinski definition) is 1. The lowest BCUT2D eigenvalue weighted by molar-refractivity contribution is -0.340. The van der Waals surface area contributed by atoms with Gasteiger partial charge in [-0.05, 0) is 36.6 Å². The number of hydrogen-bond acceptors (Lipinski definition) is 5. The van der Waals surface area contributed by atoms with Crippen LogP contribution >= 0.6 is 0 Å². The van der Waals surface area contributed by atoms with Gasteiger partial charge in [0.15, 0.2) is 11.4 Å². The summed E-state index contributed by atoms with van der Waals surface area (Å²) in [6, 6.07) is 14.9. The molecule has 1 aliphatic rings. The Bertz CT molecular complexity index is 879. The highest BCUT2D eigenvalue weighted by atomic mass is 16.5. The lowest BCUT2D eigenvalue weighted by atomic mass is 10.1. The second-order valence-electron chi connectivity index (χ2n) is 6.71. The smallest absolute Gasteiger partial charge is 0.436 e. The first-order valence-corrected chi connectivity index (χ1v) is 9.53. The molecule has 0 saturated heterocycles. The van der Waals surface area contributed by atoms with Crippen LogP contribution in [0, 0.1) is 4.91 Å². The Labute approximate surface area is 165 Å². The Kier molecular flexibility index (Phi) is 6.55. The molecular weight excluding hydrogens is 354 g/mol. The molecule has 2 aromatic rings. The van der Waals surface area contributed by atoms with Crippen LogP contribution < -0.4 is 4.74 Å². The van der Waals surface area contributed by atoms with Crippen LogP contribution in [0.1, 0.15) is 18.9 Å². The molecule has 0 aromatic heterocycles. The van der Waals surface area contributed by atoms with Gasteiger partial charge in [-0.1, -0.05) is 53.2 Å². The molecule has 1 heterocycles. The van der Waals surface area contributed by atoms with Crippen LogP contribution in [0.4, 0.5) is 11.4 Å². The van der Waals surface area contributed by atoms with Gasteiger partial charge in [-0.2, -0.15) is 0 Å². The summed E-state index contributed by atoms with van der Waals surface area (Å²) in [4.78, 5) is 18.9. The van der Waals surface area contributed by atoms with Crippen molar-refractivity contribution in [3.63, 3.8) is 0 Å². The maximum absolute atomic E-state index is 12.6. The second kappa shape index (κ2) is 9.28. The Balaban J connectivity index is 1.65. The highest BCUT2D eigenvalue weighted by Crippen LogP contribution is 2.33. The monoisotopic (exact) mass is 380 g/mol. The number of ether oxygens (including phenoxy) is 1. The van der Waals surface area contributed by atoms with E-state index in [4.69, 9.17) is 4.74 Å². The van der Waals surface area contributed by atoms with Crippen LogP contribution in [0.25, 0.3) is 0 Å². The average Bonchev–Trinajstić information content (AvgIpc) is 3.04. The quantitative estimate of drug-likeness (QED) is 0.528. The molecular formula is C22H26N3O3+. The summed E-state index contributed by atoms with van der Waals surface area (Å²) in [5.41, 5.74) is 2.21. The first kappa shape index (κ1) is 19.8. The predicted octanol–water partition coefficient (Wildman–Crippen LogP) is 3.98. The first-order valence-electron chi connectivity index (χ1n) is 9.53. The van der Waals surface area contributed by atoms with Gasteiger partial charge < -0.3 is 9.84 Å². The van der Waals surface area contributed by atoms with Crippen molar-refractivity contribution in [1.29, 1.82) is 0 Å². The molecule has 1 N–H and O–H groups in total. The summed E-state index contributed by atoms with van der Waals surface area (Å²) in [5, 5.41) is 10.5. The molecule has 3 rings (SSSR count). The third kappa shape index (κ3) is 4.46. The average molecular weight is 380 g/mol. The molecule has 0 bridgehead atoms. The molecule has 0 saturated carbocycles. The van der Waals surface area contributed by atoms with Crippen LogP contribution in [-0.4, -0.2) is 46.5 Å². The molecule has 0 amide bonds. The number of fused-ring (bicyclic) bond motifs is 1. The Morgan fingerprint density at radius 2 is 2.00 bits per heavy atom. The molecule has 6 heteroatoms. The number of aliphatic hydroxyl groups is 1. The zero-order valence-corrected chi connectivity index (χ0v) is 16.1.